The van der Waals surface area contributed by atoms with Crippen LogP contribution < -0.4 is 10.6 Å². The van der Waals surface area contributed by atoms with Gasteiger partial charge in [0.1, 0.15) is 0 Å². The SMILES string of the molecule is CCCNc1nccc(C(=O)NC2CCN(C)CC2)c1F. The Hall–Kier alpha value is -1.69. The Morgan fingerprint density at radius 3 is 2.86 bits per heavy atom. The number of pyridine rings is 1. The average Bonchev–Trinajstić information content (AvgIpc) is 2.48. The van der Waals surface area contributed by atoms with Gasteiger partial charge in [-0.15, -0.1) is 0 Å². The summed E-state index contributed by atoms with van der Waals surface area (Å²) in [6.07, 6.45) is 4.13. The molecule has 0 bridgehead atoms. The molecular formula is C15H23FN4O. The second-order valence-corrected chi connectivity index (χ2v) is 5.50. The Bertz CT molecular complexity index is 487. The smallest absolute Gasteiger partial charge is 0.254 e. The molecule has 1 aliphatic rings. The third-order valence-electron chi connectivity index (χ3n) is 3.73. The van der Waals surface area contributed by atoms with Crippen molar-refractivity contribution in [1.82, 2.24) is 15.2 Å². The third-order valence-corrected chi connectivity index (χ3v) is 3.73. The number of nitrogens with one attached hydrogen (secondary N) is 2. The van der Waals surface area contributed by atoms with Crippen molar-refractivity contribution in [2.75, 3.05) is 32.0 Å². The molecule has 5 nitrogen and oxygen atoms in total. The van der Waals surface area contributed by atoms with E-state index in [0.29, 0.717) is 6.54 Å². The summed E-state index contributed by atoms with van der Waals surface area (Å²) >= 11 is 0. The lowest BCUT2D eigenvalue weighted by molar-refractivity contribution is 0.0912. The molecule has 1 aromatic rings. The predicted molar refractivity (Wildman–Crippen MR) is 81.0 cm³/mol. The quantitative estimate of drug-likeness (QED) is 0.870. The van der Waals surface area contributed by atoms with E-state index in [4.69, 9.17) is 0 Å². The van der Waals surface area contributed by atoms with Gasteiger partial charge in [-0.05, 0) is 45.5 Å². The molecule has 2 heterocycles. The molecule has 2 N–H and O–H groups in total. The molecule has 1 saturated heterocycles. The molecule has 6 heteroatoms. The van der Waals surface area contributed by atoms with Gasteiger partial charge in [0.2, 0.25) is 0 Å². The van der Waals surface area contributed by atoms with Crippen molar-refractivity contribution >= 4 is 11.7 Å². The van der Waals surface area contributed by atoms with Crippen molar-refractivity contribution in [3.05, 3.63) is 23.6 Å². The van der Waals surface area contributed by atoms with Crippen LogP contribution in [-0.2, 0) is 0 Å². The second kappa shape index (κ2) is 7.36. The van der Waals surface area contributed by atoms with Crippen LogP contribution in [0, 0.1) is 5.82 Å². The molecule has 1 amide bonds. The monoisotopic (exact) mass is 294 g/mol. The number of hydrogen-bond donors (Lipinski definition) is 2. The summed E-state index contributed by atoms with van der Waals surface area (Å²) in [5.41, 5.74) is 0.0579. The highest BCUT2D eigenvalue weighted by Crippen LogP contribution is 2.16. The minimum Gasteiger partial charge on any atom is -0.368 e. The molecule has 21 heavy (non-hydrogen) atoms. The van der Waals surface area contributed by atoms with Crippen LogP contribution in [0.2, 0.25) is 0 Å². The van der Waals surface area contributed by atoms with Crippen LogP contribution in [0.3, 0.4) is 0 Å². The first-order valence-corrected chi connectivity index (χ1v) is 7.49. The number of carbonyl (C=O) groups excluding carboxylic acids is 1. The molecule has 116 valence electrons. The van der Waals surface area contributed by atoms with Crippen LogP contribution in [-0.4, -0.2) is 48.5 Å². The average molecular weight is 294 g/mol. The molecule has 0 spiro atoms. The number of halogens is 1. The van der Waals surface area contributed by atoms with Crippen molar-refractivity contribution in [2.24, 2.45) is 0 Å². The van der Waals surface area contributed by atoms with Gasteiger partial charge in [0.05, 0.1) is 5.56 Å². The van der Waals surface area contributed by atoms with E-state index in [1.165, 1.54) is 12.3 Å². The molecule has 0 aliphatic carbocycles. The first kappa shape index (κ1) is 15.7. The normalized spacial score (nSPS) is 16.7. The molecule has 1 aromatic heterocycles. The van der Waals surface area contributed by atoms with Gasteiger partial charge in [-0.25, -0.2) is 9.37 Å². The number of carbonyl (C=O) groups is 1. The molecular weight excluding hydrogens is 271 g/mol. The van der Waals surface area contributed by atoms with Gasteiger partial charge in [-0.3, -0.25) is 4.79 Å². The Labute approximate surface area is 124 Å². The first-order chi connectivity index (χ1) is 10.1. The van der Waals surface area contributed by atoms with Crippen molar-refractivity contribution in [1.29, 1.82) is 0 Å². The number of likely N-dealkylation sites (tertiary alicyclic amines) is 1. The fraction of sp³-hybridized carbons (Fsp3) is 0.600. The van der Waals surface area contributed by atoms with Crippen molar-refractivity contribution in [2.45, 2.75) is 32.2 Å². The topological polar surface area (TPSA) is 57.3 Å². The number of hydrogen-bond acceptors (Lipinski definition) is 4. The van der Waals surface area contributed by atoms with Crippen LogP contribution in [0.15, 0.2) is 12.3 Å². The van der Waals surface area contributed by atoms with Crippen LogP contribution in [0.1, 0.15) is 36.5 Å². The Morgan fingerprint density at radius 2 is 2.19 bits per heavy atom. The minimum atomic E-state index is -0.573. The molecule has 0 atom stereocenters. The lowest BCUT2D eigenvalue weighted by atomic mass is 10.0. The zero-order chi connectivity index (χ0) is 15.2. The summed E-state index contributed by atoms with van der Waals surface area (Å²) in [7, 11) is 2.06. The zero-order valence-electron chi connectivity index (χ0n) is 12.7. The Kier molecular flexibility index (Phi) is 5.50. The number of anilines is 1. The van der Waals surface area contributed by atoms with Crippen LogP contribution in [0.4, 0.5) is 10.2 Å². The molecule has 0 aromatic carbocycles. The summed E-state index contributed by atoms with van der Waals surface area (Å²) in [6.45, 7) is 4.52. The van der Waals surface area contributed by atoms with Crippen LogP contribution >= 0.6 is 0 Å². The summed E-state index contributed by atoms with van der Waals surface area (Å²) in [6, 6.07) is 1.55. The maximum Gasteiger partial charge on any atom is 0.254 e. The van der Waals surface area contributed by atoms with Crippen LogP contribution in [0.5, 0.6) is 0 Å². The Balaban J connectivity index is 2.01. The fourth-order valence-electron chi connectivity index (χ4n) is 2.40. The molecule has 0 unspecified atom stereocenters. The van der Waals surface area contributed by atoms with E-state index in [1.807, 2.05) is 6.92 Å². The van der Waals surface area contributed by atoms with Crippen molar-refractivity contribution < 1.29 is 9.18 Å². The number of piperidine rings is 1. The molecule has 0 saturated carbocycles. The summed E-state index contributed by atoms with van der Waals surface area (Å²) in [5.74, 6) is -0.784. The van der Waals surface area contributed by atoms with E-state index in [9.17, 15) is 9.18 Å². The van der Waals surface area contributed by atoms with E-state index in [0.717, 1.165) is 32.4 Å². The second-order valence-electron chi connectivity index (χ2n) is 5.50. The summed E-state index contributed by atoms with van der Waals surface area (Å²) in [5, 5.41) is 5.81. The number of nitrogens with zero attached hydrogens (tertiary/aromatic N) is 2. The van der Waals surface area contributed by atoms with Gasteiger partial charge >= 0.3 is 0 Å². The van der Waals surface area contributed by atoms with Gasteiger partial charge in [0.25, 0.3) is 5.91 Å². The highest BCUT2D eigenvalue weighted by molar-refractivity contribution is 5.95. The van der Waals surface area contributed by atoms with Gasteiger partial charge in [-0.2, -0.15) is 0 Å². The van der Waals surface area contributed by atoms with E-state index >= 15 is 0 Å². The maximum absolute atomic E-state index is 14.3. The summed E-state index contributed by atoms with van der Waals surface area (Å²) < 4.78 is 14.3. The number of amides is 1. The van der Waals surface area contributed by atoms with E-state index in [-0.39, 0.29) is 23.3 Å². The molecule has 2 rings (SSSR count). The number of aromatic nitrogens is 1. The lowest BCUT2D eigenvalue weighted by Gasteiger charge is -2.29. The van der Waals surface area contributed by atoms with Gasteiger partial charge in [-0.1, -0.05) is 6.92 Å². The lowest BCUT2D eigenvalue weighted by Crippen LogP contribution is -2.43. The number of rotatable bonds is 5. The largest absolute Gasteiger partial charge is 0.368 e. The van der Waals surface area contributed by atoms with Gasteiger partial charge < -0.3 is 15.5 Å². The Morgan fingerprint density at radius 1 is 1.48 bits per heavy atom. The molecule has 1 aliphatic heterocycles. The highest BCUT2D eigenvalue weighted by Gasteiger charge is 2.21. The molecule has 1 fully saturated rings. The highest BCUT2D eigenvalue weighted by atomic mass is 19.1. The third kappa shape index (κ3) is 4.14. The standard InChI is InChI=1S/C15H23FN4O/c1-3-7-17-14-13(16)12(4-8-18-14)15(21)19-11-5-9-20(2)10-6-11/h4,8,11H,3,5-7,9-10H2,1-2H3,(H,17,18)(H,19,21). The van der Waals surface area contributed by atoms with E-state index in [2.05, 4.69) is 27.6 Å². The van der Waals surface area contributed by atoms with Crippen LogP contribution in [0.25, 0.3) is 0 Å². The van der Waals surface area contributed by atoms with Crippen molar-refractivity contribution in [3.63, 3.8) is 0 Å². The molecule has 0 radical (unpaired) electrons. The summed E-state index contributed by atoms with van der Waals surface area (Å²) in [4.78, 5) is 18.4. The minimum absolute atomic E-state index is 0.0579. The fourth-order valence-corrected chi connectivity index (χ4v) is 2.40. The van der Waals surface area contributed by atoms with E-state index in [1.54, 1.807) is 0 Å². The predicted octanol–water partition coefficient (Wildman–Crippen LogP) is 1.87. The van der Waals surface area contributed by atoms with Crippen molar-refractivity contribution in [3.8, 4) is 0 Å². The van der Waals surface area contributed by atoms with Gasteiger partial charge in [0.15, 0.2) is 11.6 Å². The maximum atomic E-state index is 14.3. The van der Waals surface area contributed by atoms with Gasteiger partial charge in [0, 0.05) is 18.8 Å². The zero-order valence-corrected chi connectivity index (χ0v) is 12.7. The van der Waals surface area contributed by atoms with E-state index < -0.39 is 5.82 Å². The first-order valence-electron chi connectivity index (χ1n) is 7.49.